The van der Waals surface area contributed by atoms with Crippen LogP contribution in [-0.4, -0.2) is 17.7 Å². The van der Waals surface area contributed by atoms with Crippen LogP contribution in [0.4, 0.5) is 11.4 Å². The molecule has 2 bridgehead atoms. The minimum Gasteiger partial charge on any atom is -0.322 e. The van der Waals surface area contributed by atoms with Gasteiger partial charge in [-0.1, -0.05) is 24.3 Å². The van der Waals surface area contributed by atoms with Gasteiger partial charge in [0.2, 0.25) is 11.8 Å². The summed E-state index contributed by atoms with van der Waals surface area (Å²) in [6.07, 6.45) is 5.06. The van der Waals surface area contributed by atoms with E-state index in [-0.39, 0.29) is 41.4 Å². The van der Waals surface area contributed by atoms with Gasteiger partial charge in [-0.15, -0.1) is 0 Å². The number of benzene rings is 2. The topological polar surface area (TPSA) is 66.5 Å². The van der Waals surface area contributed by atoms with Gasteiger partial charge < -0.3 is 5.32 Å². The van der Waals surface area contributed by atoms with Crippen molar-refractivity contribution in [2.24, 2.45) is 23.7 Å². The van der Waals surface area contributed by atoms with E-state index < -0.39 is 0 Å². The van der Waals surface area contributed by atoms with E-state index in [4.69, 9.17) is 0 Å². The highest BCUT2D eigenvalue weighted by Crippen LogP contribution is 2.53. The number of imide groups is 1. The molecule has 5 rings (SSSR count). The van der Waals surface area contributed by atoms with Crippen LogP contribution in [-0.2, 0) is 9.59 Å². The van der Waals surface area contributed by atoms with Crippen LogP contribution in [0.3, 0.4) is 0 Å². The van der Waals surface area contributed by atoms with Gasteiger partial charge in [0, 0.05) is 11.3 Å². The average molecular weight is 386 g/mol. The third kappa shape index (κ3) is 2.80. The molecule has 3 amide bonds. The molecular formula is C24H22N2O3. The minimum absolute atomic E-state index is 0.135. The molecule has 29 heavy (non-hydrogen) atoms. The number of anilines is 2. The van der Waals surface area contributed by atoms with Crippen LogP contribution < -0.4 is 10.2 Å². The fourth-order valence-electron chi connectivity index (χ4n) is 5.19. The molecule has 1 saturated carbocycles. The van der Waals surface area contributed by atoms with Crippen molar-refractivity contribution in [1.29, 1.82) is 0 Å². The fraction of sp³-hybridized carbons (Fsp3) is 0.292. The molecule has 1 saturated heterocycles. The number of hydrogen-bond donors (Lipinski definition) is 1. The van der Waals surface area contributed by atoms with Crippen LogP contribution in [0.2, 0.25) is 0 Å². The van der Waals surface area contributed by atoms with E-state index in [1.54, 1.807) is 24.3 Å². The number of carbonyl (C=O) groups excluding carboxylic acids is 3. The van der Waals surface area contributed by atoms with Gasteiger partial charge in [-0.25, -0.2) is 4.90 Å². The van der Waals surface area contributed by atoms with Crippen molar-refractivity contribution in [3.63, 3.8) is 0 Å². The Labute approximate surface area is 169 Å². The largest absolute Gasteiger partial charge is 0.322 e. The molecule has 2 aromatic rings. The first-order chi connectivity index (χ1) is 13.9. The highest BCUT2D eigenvalue weighted by atomic mass is 16.2. The van der Waals surface area contributed by atoms with Crippen molar-refractivity contribution in [3.8, 4) is 0 Å². The normalized spacial score (nSPS) is 26.9. The third-order valence-corrected chi connectivity index (χ3v) is 6.32. The lowest BCUT2D eigenvalue weighted by Gasteiger charge is -2.18. The van der Waals surface area contributed by atoms with Crippen molar-refractivity contribution >= 4 is 29.1 Å². The highest BCUT2D eigenvalue weighted by Gasteiger charge is 2.59. The Morgan fingerprint density at radius 3 is 2.17 bits per heavy atom. The van der Waals surface area contributed by atoms with Crippen molar-refractivity contribution in [2.75, 3.05) is 10.2 Å². The van der Waals surface area contributed by atoms with Gasteiger partial charge in [0.1, 0.15) is 0 Å². The van der Waals surface area contributed by atoms with Crippen LogP contribution >= 0.6 is 0 Å². The molecule has 4 atom stereocenters. The molecule has 2 aromatic carbocycles. The number of carbonyl (C=O) groups is 3. The Balaban J connectivity index is 1.41. The maximum atomic E-state index is 13.0. The molecule has 146 valence electrons. The zero-order valence-corrected chi connectivity index (χ0v) is 16.4. The number of allylic oxidation sites excluding steroid dienone is 2. The quantitative estimate of drug-likeness (QED) is 0.643. The van der Waals surface area contributed by atoms with Crippen LogP contribution in [0, 0.1) is 37.5 Å². The van der Waals surface area contributed by atoms with Crippen molar-refractivity contribution in [2.45, 2.75) is 20.3 Å². The van der Waals surface area contributed by atoms with Crippen molar-refractivity contribution in [3.05, 3.63) is 71.3 Å². The van der Waals surface area contributed by atoms with E-state index in [0.29, 0.717) is 11.3 Å². The van der Waals surface area contributed by atoms with Gasteiger partial charge in [-0.05, 0) is 73.6 Å². The van der Waals surface area contributed by atoms with Gasteiger partial charge in [-0.2, -0.15) is 0 Å². The lowest BCUT2D eigenvalue weighted by Crippen LogP contribution is -2.33. The summed E-state index contributed by atoms with van der Waals surface area (Å²) in [5.74, 6) is -0.689. The molecule has 0 unspecified atom stereocenters. The highest BCUT2D eigenvalue weighted by molar-refractivity contribution is 6.23. The van der Waals surface area contributed by atoms with Crippen molar-refractivity contribution in [1.82, 2.24) is 0 Å². The Kier molecular flexibility index (Phi) is 3.95. The Hall–Kier alpha value is -3.21. The van der Waals surface area contributed by atoms with Crippen LogP contribution in [0.25, 0.3) is 0 Å². The molecule has 1 N–H and O–H groups in total. The predicted octanol–water partition coefficient (Wildman–Crippen LogP) is 3.87. The summed E-state index contributed by atoms with van der Waals surface area (Å²) in [5, 5.41) is 2.91. The number of hydrogen-bond acceptors (Lipinski definition) is 3. The Morgan fingerprint density at radius 2 is 1.55 bits per heavy atom. The lowest BCUT2D eigenvalue weighted by atomic mass is 9.85. The van der Waals surface area contributed by atoms with Crippen molar-refractivity contribution < 1.29 is 14.4 Å². The first-order valence-corrected chi connectivity index (χ1v) is 9.98. The number of fused-ring (bicyclic) bond motifs is 5. The van der Waals surface area contributed by atoms with E-state index in [0.717, 1.165) is 23.2 Å². The molecule has 5 heteroatoms. The molecule has 0 spiro atoms. The van der Waals surface area contributed by atoms with E-state index >= 15 is 0 Å². The molecule has 2 aliphatic carbocycles. The Bertz CT molecular complexity index is 1040. The Morgan fingerprint density at radius 1 is 0.931 bits per heavy atom. The van der Waals surface area contributed by atoms with Crippen LogP contribution in [0.1, 0.15) is 27.9 Å². The number of amides is 3. The van der Waals surface area contributed by atoms with Gasteiger partial charge in [-0.3, -0.25) is 14.4 Å². The second kappa shape index (κ2) is 6.41. The summed E-state index contributed by atoms with van der Waals surface area (Å²) in [7, 11) is 0. The molecule has 5 nitrogen and oxygen atoms in total. The second-order valence-corrected chi connectivity index (χ2v) is 8.39. The minimum atomic E-state index is -0.266. The monoisotopic (exact) mass is 386 g/mol. The molecular weight excluding hydrogens is 364 g/mol. The summed E-state index contributed by atoms with van der Waals surface area (Å²) in [6.45, 7) is 3.96. The first-order valence-electron chi connectivity index (χ1n) is 9.98. The zero-order valence-electron chi connectivity index (χ0n) is 16.4. The molecule has 1 aliphatic heterocycles. The fourth-order valence-corrected chi connectivity index (χ4v) is 5.19. The molecule has 3 aliphatic rings. The predicted molar refractivity (Wildman–Crippen MR) is 111 cm³/mol. The summed E-state index contributed by atoms with van der Waals surface area (Å²) in [5.41, 5.74) is 3.75. The number of nitrogens with zero attached hydrogens (tertiary/aromatic N) is 1. The number of rotatable bonds is 3. The zero-order chi connectivity index (χ0) is 20.3. The maximum absolute atomic E-state index is 13.0. The van der Waals surface area contributed by atoms with Crippen LogP contribution in [0.15, 0.2) is 54.6 Å². The molecule has 0 radical (unpaired) electrons. The SMILES string of the molecule is Cc1cc(C)cc(NC(=O)c2cccc(N3C(=O)[C@@H]4[C@@H](C3=O)[C@H]3C=C[C@H]4C3)c2)c1. The van der Waals surface area contributed by atoms with Gasteiger partial charge in [0.25, 0.3) is 5.91 Å². The lowest BCUT2D eigenvalue weighted by molar-refractivity contribution is -0.123. The van der Waals surface area contributed by atoms with Crippen LogP contribution in [0.5, 0.6) is 0 Å². The molecule has 0 aromatic heterocycles. The van der Waals surface area contributed by atoms with E-state index in [1.165, 1.54) is 4.90 Å². The average Bonchev–Trinajstić information content (AvgIpc) is 3.35. The van der Waals surface area contributed by atoms with E-state index in [9.17, 15) is 14.4 Å². The van der Waals surface area contributed by atoms with Gasteiger partial charge in [0.05, 0.1) is 17.5 Å². The van der Waals surface area contributed by atoms with E-state index in [1.807, 2.05) is 32.0 Å². The molecule has 1 heterocycles. The number of nitrogens with one attached hydrogen (secondary N) is 1. The summed E-state index contributed by atoms with van der Waals surface area (Å²) < 4.78 is 0. The van der Waals surface area contributed by atoms with Gasteiger partial charge in [0.15, 0.2) is 0 Å². The number of aryl methyl sites for hydroxylation is 2. The molecule has 2 fully saturated rings. The van der Waals surface area contributed by atoms with Gasteiger partial charge >= 0.3 is 0 Å². The maximum Gasteiger partial charge on any atom is 0.255 e. The third-order valence-electron chi connectivity index (χ3n) is 6.32. The standard InChI is InChI=1S/C24H22N2O3/c1-13-8-14(2)10-18(9-13)25-22(27)17-4-3-5-19(12-17)26-23(28)20-15-6-7-16(11-15)21(20)24(26)29/h3-10,12,15-16,20-21H,11H2,1-2H3,(H,25,27)/t15-,16-,20-,21-/m0/s1. The second-order valence-electron chi connectivity index (χ2n) is 8.39. The summed E-state index contributed by atoms with van der Waals surface area (Å²) in [4.78, 5) is 40.1. The van der Waals surface area contributed by atoms with E-state index in [2.05, 4.69) is 17.5 Å². The summed E-state index contributed by atoms with van der Waals surface area (Å²) in [6, 6.07) is 12.6. The first kappa shape index (κ1) is 17.9. The smallest absolute Gasteiger partial charge is 0.255 e. The summed E-state index contributed by atoms with van der Waals surface area (Å²) >= 11 is 0.